The van der Waals surface area contributed by atoms with E-state index in [4.69, 9.17) is 10.5 Å². The lowest BCUT2D eigenvalue weighted by molar-refractivity contribution is 0.0339. The summed E-state index contributed by atoms with van der Waals surface area (Å²) in [5.74, 6) is -0.415. The van der Waals surface area contributed by atoms with Gasteiger partial charge in [-0.05, 0) is 30.7 Å². The second kappa shape index (κ2) is 5.89. The van der Waals surface area contributed by atoms with Crippen LogP contribution in [-0.2, 0) is 4.74 Å². The molecule has 0 aliphatic carbocycles. The van der Waals surface area contributed by atoms with E-state index in [2.05, 4.69) is 15.9 Å². The van der Waals surface area contributed by atoms with Gasteiger partial charge in [-0.25, -0.2) is 4.79 Å². The van der Waals surface area contributed by atoms with Crippen LogP contribution in [0.2, 0.25) is 0 Å². The standard InChI is InChI=1S/C15H14BrNO2/c1-10(11-5-3-2-4-6-11)19-15(18)13-8-7-12(16)9-14(13)17/h2-10H,17H2,1H3. The molecule has 0 saturated heterocycles. The maximum absolute atomic E-state index is 12.0. The van der Waals surface area contributed by atoms with E-state index in [0.717, 1.165) is 10.0 Å². The molecule has 19 heavy (non-hydrogen) atoms. The SMILES string of the molecule is CC(OC(=O)c1ccc(Br)cc1N)c1ccccc1. The normalized spacial score (nSPS) is 11.9. The largest absolute Gasteiger partial charge is 0.454 e. The molecule has 0 fully saturated rings. The van der Waals surface area contributed by atoms with E-state index in [1.807, 2.05) is 37.3 Å². The highest BCUT2D eigenvalue weighted by molar-refractivity contribution is 9.10. The van der Waals surface area contributed by atoms with Gasteiger partial charge in [0, 0.05) is 10.2 Å². The van der Waals surface area contributed by atoms with Gasteiger partial charge in [-0.1, -0.05) is 46.3 Å². The molecular weight excluding hydrogens is 306 g/mol. The zero-order valence-corrected chi connectivity index (χ0v) is 12.1. The van der Waals surface area contributed by atoms with Crippen molar-refractivity contribution in [2.24, 2.45) is 0 Å². The highest BCUT2D eigenvalue weighted by atomic mass is 79.9. The monoisotopic (exact) mass is 319 g/mol. The van der Waals surface area contributed by atoms with Crippen molar-refractivity contribution in [1.82, 2.24) is 0 Å². The average Bonchev–Trinajstić information content (AvgIpc) is 2.39. The van der Waals surface area contributed by atoms with Crippen molar-refractivity contribution in [3.63, 3.8) is 0 Å². The van der Waals surface area contributed by atoms with Gasteiger partial charge >= 0.3 is 5.97 Å². The zero-order valence-electron chi connectivity index (χ0n) is 10.5. The number of esters is 1. The van der Waals surface area contributed by atoms with Gasteiger partial charge in [0.05, 0.1) is 5.56 Å². The summed E-state index contributed by atoms with van der Waals surface area (Å²) in [6.07, 6.45) is -0.309. The van der Waals surface area contributed by atoms with Gasteiger partial charge in [-0.15, -0.1) is 0 Å². The highest BCUT2D eigenvalue weighted by Crippen LogP contribution is 2.23. The summed E-state index contributed by atoms with van der Waals surface area (Å²) in [7, 11) is 0. The van der Waals surface area contributed by atoms with Crippen LogP contribution in [0.25, 0.3) is 0 Å². The first-order valence-corrected chi connectivity index (χ1v) is 6.68. The van der Waals surface area contributed by atoms with Crippen LogP contribution in [0.4, 0.5) is 5.69 Å². The first-order chi connectivity index (χ1) is 9.08. The van der Waals surface area contributed by atoms with Crippen LogP contribution in [0.1, 0.15) is 28.9 Å². The molecule has 0 radical (unpaired) electrons. The number of nitrogens with two attached hydrogens (primary N) is 1. The molecule has 0 amide bonds. The van der Waals surface area contributed by atoms with Crippen molar-refractivity contribution in [3.05, 3.63) is 64.1 Å². The maximum Gasteiger partial charge on any atom is 0.340 e. The molecule has 4 heteroatoms. The minimum atomic E-state index is -0.415. The molecule has 0 heterocycles. The van der Waals surface area contributed by atoms with Crippen molar-refractivity contribution >= 4 is 27.6 Å². The number of hydrogen-bond acceptors (Lipinski definition) is 3. The van der Waals surface area contributed by atoms with E-state index >= 15 is 0 Å². The minimum absolute atomic E-state index is 0.309. The molecule has 2 rings (SSSR count). The van der Waals surface area contributed by atoms with Gasteiger partial charge < -0.3 is 10.5 Å². The Bertz CT molecular complexity index is 584. The number of halogens is 1. The smallest absolute Gasteiger partial charge is 0.340 e. The summed E-state index contributed by atoms with van der Waals surface area (Å²) < 4.78 is 6.24. The maximum atomic E-state index is 12.0. The molecule has 0 saturated carbocycles. The Kier molecular flexibility index (Phi) is 4.22. The highest BCUT2D eigenvalue weighted by Gasteiger charge is 2.15. The van der Waals surface area contributed by atoms with Crippen molar-refractivity contribution in [2.45, 2.75) is 13.0 Å². The summed E-state index contributed by atoms with van der Waals surface area (Å²) in [6, 6.07) is 14.7. The third-order valence-corrected chi connectivity index (χ3v) is 3.28. The number of carbonyl (C=O) groups excluding carboxylic acids is 1. The van der Waals surface area contributed by atoms with E-state index in [1.165, 1.54) is 0 Å². The Morgan fingerprint density at radius 2 is 1.89 bits per heavy atom. The Hall–Kier alpha value is -1.81. The first kappa shape index (κ1) is 13.6. The Morgan fingerprint density at radius 3 is 2.53 bits per heavy atom. The molecule has 2 aromatic rings. The van der Waals surface area contributed by atoms with E-state index in [-0.39, 0.29) is 6.10 Å². The van der Waals surface area contributed by atoms with E-state index < -0.39 is 5.97 Å². The van der Waals surface area contributed by atoms with E-state index in [1.54, 1.807) is 18.2 Å². The molecule has 0 aromatic heterocycles. The van der Waals surface area contributed by atoms with Gasteiger partial charge in [-0.3, -0.25) is 0 Å². The van der Waals surface area contributed by atoms with Gasteiger partial charge in [0.1, 0.15) is 6.10 Å². The van der Waals surface area contributed by atoms with Gasteiger partial charge in [-0.2, -0.15) is 0 Å². The van der Waals surface area contributed by atoms with Crippen molar-refractivity contribution in [3.8, 4) is 0 Å². The van der Waals surface area contributed by atoms with Gasteiger partial charge in [0.15, 0.2) is 0 Å². The fourth-order valence-corrected chi connectivity index (χ4v) is 2.11. The van der Waals surface area contributed by atoms with Crippen LogP contribution in [0.3, 0.4) is 0 Å². The molecular formula is C15H14BrNO2. The summed E-state index contributed by atoms with van der Waals surface area (Å²) >= 11 is 3.30. The van der Waals surface area contributed by atoms with E-state index in [9.17, 15) is 4.79 Å². The lowest BCUT2D eigenvalue weighted by Crippen LogP contribution is -2.11. The second-order valence-corrected chi connectivity index (χ2v) is 5.11. The number of anilines is 1. The third-order valence-electron chi connectivity index (χ3n) is 2.79. The van der Waals surface area contributed by atoms with Crippen molar-refractivity contribution in [2.75, 3.05) is 5.73 Å². The van der Waals surface area contributed by atoms with Crippen molar-refractivity contribution < 1.29 is 9.53 Å². The summed E-state index contributed by atoms with van der Waals surface area (Å²) in [4.78, 5) is 12.0. The number of nitrogen functional groups attached to an aromatic ring is 1. The molecule has 0 spiro atoms. The van der Waals surface area contributed by atoms with Crippen LogP contribution in [0, 0.1) is 0 Å². The molecule has 98 valence electrons. The molecule has 0 bridgehead atoms. The molecule has 2 aromatic carbocycles. The fourth-order valence-electron chi connectivity index (χ4n) is 1.74. The Labute approximate surface area is 120 Å². The molecule has 2 N–H and O–H groups in total. The molecule has 0 aliphatic heterocycles. The van der Waals surface area contributed by atoms with Gasteiger partial charge in [0.25, 0.3) is 0 Å². The summed E-state index contributed by atoms with van der Waals surface area (Å²) in [6.45, 7) is 1.84. The van der Waals surface area contributed by atoms with Crippen LogP contribution in [0.5, 0.6) is 0 Å². The number of ether oxygens (including phenoxy) is 1. The van der Waals surface area contributed by atoms with Gasteiger partial charge in [0.2, 0.25) is 0 Å². The van der Waals surface area contributed by atoms with Crippen LogP contribution >= 0.6 is 15.9 Å². The number of benzene rings is 2. The quantitative estimate of drug-likeness (QED) is 0.688. The Balaban J connectivity index is 2.13. The lowest BCUT2D eigenvalue weighted by Gasteiger charge is -2.14. The Morgan fingerprint density at radius 1 is 1.21 bits per heavy atom. The summed E-state index contributed by atoms with van der Waals surface area (Å²) in [5.41, 5.74) is 7.54. The van der Waals surface area contributed by atoms with E-state index in [0.29, 0.717) is 11.3 Å². The molecule has 1 atom stereocenters. The predicted molar refractivity (Wildman–Crippen MR) is 78.8 cm³/mol. The molecule has 0 aliphatic rings. The van der Waals surface area contributed by atoms with Crippen LogP contribution in [-0.4, -0.2) is 5.97 Å². The lowest BCUT2D eigenvalue weighted by atomic mass is 10.1. The van der Waals surface area contributed by atoms with Crippen LogP contribution < -0.4 is 5.73 Å². The zero-order chi connectivity index (χ0) is 13.8. The number of hydrogen-bond donors (Lipinski definition) is 1. The summed E-state index contributed by atoms with van der Waals surface area (Å²) in [5, 5.41) is 0. The molecule has 3 nitrogen and oxygen atoms in total. The topological polar surface area (TPSA) is 52.3 Å². The third kappa shape index (κ3) is 3.35. The average molecular weight is 320 g/mol. The predicted octanol–water partition coefficient (Wildman–Crippen LogP) is 3.95. The number of carbonyl (C=O) groups is 1. The fraction of sp³-hybridized carbons (Fsp3) is 0.133. The number of rotatable bonds is 3. The van der Waals surface area contributed by atoms with Crippen molar-refractivity contribution in [1.29, 1.82) is 0 Å². The van der Waals surface area contributed by atoms with Crippen LogP contribution in [0.15, 0.2) is 53.0 Å². The minimum Gasteiger partial charge on any atom is -0.454 e. The second-order valence-electron chi connectivity index (χ2n) is 4.19. The molecule has 1 unspecified atom stereocenters. The first-order valence-electron chi connectivity index (χ1n) is 5.89.